The molecular weight excluding hydrogens is 245 g/mol. The number of aromatic nitrogens is 1. The van der Waals surface area contributed by atoms with Crippen molar-refractivity contribution in [1.29, 1.82) is 0 Å². The van der Waals surface area contributed by atoms with E-state index in [1.165, 1.54) is 6.20 Å². The van der Waals surface area contributed by atoms with E-state index in [1.807, 2.05) is 0 Å². The molecule has 2 rings (SSSR count). The Morgan fingerprint density at radius 1 is 1.18 bits per heavy atom. The lowest BCUT2D eigenvalue weighted by atomic mass is 10.3. The van der Waals surface area contributed by atoms with Gasteiger partial charge in [-0.15, -0.1) is 0 Å². The Hall–Kier alpha value is -1.81. The summed E-state index contributed by atoms with van der Waals surface area (Å²) in [5, 5.41) is 0.226. The minimum atomic E-state index is -0.603. The van der Waals surface area contributed by atoms with Gasteiger partial charge in [-0.3, -0.25) is 0 Å². The summed E-state index contributed by atoms with van der Waals surface area (Å²) in [6.07, 6.45) is 1.32. The second kappa shape index (κ2) is 5.01. The van der Waals surface area contributed by atoms with E-state index in [2.05, 4.69) is 4.98 Å². The van der Waals surface area contributed by atoms with Crippen molar-refractivity contribution in [2.45, 2.75) is 0 Å². The molecule has 0 saturated carbocycles. The van der Waals surface area contributed by atoms with E-state index in [-0.39, 0.29) is 10.9 Å². The van der Waals surface area contributed by atoms with E-state index >= 15 is 0 Å². The van der Waals surface area contributed by atoms with Crippen molar-refractivity contribution in [3.8, 4) is 17.4 Å². The molecule has 0 saturated heterocycles. The minimum Gasteiger partial charge on any atom is -0.497 e. The Balaban J connectivity index is 2.19. The Morgan fingerprint density at radius 2 is 1.82 bits per heavy atom. The number of hydrogen-bond acceptors (Lipinski definition) is 3. The molecule has 0 spiro atoms. The Morgan fingerprint density at radius 3 is 2.41 bits per heavy atom. The number of pyridine rings is 1. The molecule has 88 valence electrons. The lowest BCUT2D eigenvalue weighted by Gasteiger charge is -2.06. The third kappa shape index (κ3) is 2.85. The van der Waals surface area contributed by atoms with Gasteiger partial charge in [-0.05, 0) is 30.3 Å². The zero-order valence-electron chi connectivity index (χ0n) is 8.98. The standard InChI is InChI=1S/C12H9ClFNO2/c1-16-9-2-4-10(5-3-9)17-12-11(14)6-8(13)7-15-12/h2-7H,1H3. The highest BCUT2D eigenvalue weighted by molar-refractivity contribution is 6.30. The maximum absolute atomic E-state index is 13.4. The predicted molar refractivity (Wildman–Crippen MR) is 62.3 cm³/mol. The van der Waals surface area contributed by atoms with Crippen LogP contribution in [0.15, 0.2) is 36.5 Å². The van der Waals surface area contributed by atoms with E-state index < -0.39 is 5.82 Å². The van der Waals surface area contributed by atoms with Crippen LogP contribution in [0.3, 0.4) is 0 Å². The fourth-order valence-corrected chi connectivity index (χ4v) is 1.38. The molecule has 0 aliphatic carbocycles. The fourth-order valence-electron chi connectivity index (χ4n) is 1.23. The lowest BCUT2D eigenvalue weighted by Crippen LogP contribution is -1.92. The molecule has 0 aliphatic heterocycles. The Bertz CT molecular complexity index is 516. The van der Waals surface area contributed by atoms with Crippen LogP contribution in [-0.4, -0.2) is 12.1 Å². The molecule has 1 aromatic heterocycles. The fraction of sp³-hybridized carbons (Fsp3) is 0.0833. The molecule has 0 aliphatic rings. The van der Waals surface area contributed by atoms with Crippen LogP contribution >= 0.6 is 11.6 Å². The Labute approximate surface area is 103 Å². The highest BCUT2D eigenvalue weighted by Gasteiger charge is 2.07. The summed E-state index contributed by atoms with van der Waals surface area (Å²) >= 11 is 5.58. The minimum absolute atomic E-state index is 0.112. The topological polar surface area (TPSA) is 31.4 Å². The maximum atomic E-state index is 13.4. The number of benzene rings is 1. The number of nitrogens with zero attached hydrogens (tertiary/aromatic N) is 1. The van der Waals surface area contributed by atoms with E-state index in [0.29, 0.717) is 11.5 Å². The van der Waals surface area contributed by atoms with E-state index in [9.17, 15) is 4.39 Å². The Kier molecular flexibility index (Phi) is 3.44. The highest BCUT2D eigenvalue weighted by Crippen LogP contribution is 2.25. The van der Waals surface area contributed by atoms with Gasteiger partial charge in [0, 0.05) is 6.20 Å². The smallest absolute Gasteiger partial charge is 0.255 e. The van der Waals surface area contributed by atoms with Gasteiger partial charge >= 0.3 is 0 Å². The molecule has 0 atom stereocenters. The van der Waals surface area contributed by atoms with Crippen LogP contribution in [0.1, 0.15) is 0 Å². The first-order chi connectivity index (χ1) is 8.19. The van der Waals surface area contributed by atoms with Crippen molar-refractivity contribution in [2.75, 3.05) is 7.11 Å². The zero-order valence-corrected chi connectivity index (χ0v) is 9.74. The summed E-state index contributed by atoms with van der Waals surface area (Å²) in [5.41, 5.74) is 0. The van der Waals surface area contributed by atoms with Gasteiger partial charge < -0.3 is 9.47 Å². The predicted octanol–water partition coefficient (Wildman–Crippen LogP) is 3.68. The van der Waals surface area contributed by atoms with Crippen LogP contribution < -0.4 is 9.47 Å². The summed E-state index contributed by atoms with van der Waals surface area (Å²) in [7, 11) is 1.57. The monoisotopic (exact) mass is 253 g/mol. The van der Waals surface area contributed by atoms with Gasteiger partial charge in [0.25, 0.3) is 5.88 Å². The molecule has 1 aromatic carbocycles. The molecule has 17 heavy (non-hydrogen) atoms. The molecule has 5 heteroatoms. The molecule has 0 fully saturated rings. The summed E-state index contributed by atoms with van der Waals surface area (Å²) in [5.74, 6) is 0.453. The van der Waals surface area contributed by atoms with Crippen LogP contribution in [0, 0.1) is 5.82 Å². The average molecular weight is 254 g/mol. The first-order valence-electron chi connectivity index (χ1n) is 4.82. The largest absolute Gasteiger partial charge is 0.497 e. The molecule has 0 bridgehead atoms. The van der Waals surface area contributed by atoms with Gasteiger partial charge in [-0.1, -0.05) is 11.6 Å². The summed E-state index contributed by atoms with van der Waals surface area (Å²) in [6.45, 7) is 0. The second-order valence-electron chi connectivity index (χ2n) is 3.22. The molecular formula is C12H9ClFNO2. The number of rotatable bonds is 3. The molecule has 0 N–H and O–H groups in total. The SMILES string of the molecule is COc1ccc(Oc2ncc(Cl)cc2F)cc1. The van der Waals surface area contributed by atoms with Crippen molar-refractivity contribution < 1.29 is 13.9 Å². The number of halogens is 2. The molecule has 3 nitrogen and oxygen atoms in total. The van der Waals surface area contributed by atoms with Crippen LogP contribution in [0.25, 0.3) is 0 Å². The van der Waals surface area contributed by atoms with Crippen molar-refractivity contribution >= 4 is 11.6 Å². The van der Waals surface area contributed by atoms with Crippen molar-refractivity contribution in [2.24, 2.45) is 0 Å². The van der Waals surface area contributed by atoms with Gasteiger partial charge in [0.2, 0.25) is 0 Å². The highest BCUT2D eigenvalue weighted by atomic mass is 35.5. The van der Waals surface area contributed by atoms with Crippen LogP contribution in [0.2, 0.25) is 5.02 Å². The maximum Gasteiger partial charge on any atom is 0.255 e. The molecule has 2 aromatic rings. The molecule has 0 unspecified atom stereocenters. The van der Waals surface area contributed by atoms with Crippen LogP contribution in [-0.2, 0) is 0 Å². The quantitative estimate of drug-likeness (QED) is 0.836. The number of hydrogen-bond donors (Lipinski definition) is 0. The number of ether oxygens (including phenoxy) is 2. The van der Waals surface area contributed by atoms with Crippen molar-refractivity contribution in [3.63, 3.8) is 0 Å². The van der Waals surface area contributed by atoms with Gasteiger partial charge in [0.1, 0.15) is 11.5 Å². The summed E-state index contributed by atoms with van der Waals surface area (Å²) < 4.78 is 23.6. The van der Waals surface area contributed by atoms with E-state index in [4.69, 9.17) is 21.1 Å². The lowest BCUT2D eigenvalue weighted by molar-refractivity contribution is 0.407. The first-order valence-corrected chi connectivity index (χ1v) is 5.20. The third-order valence-electron chi connectivity index (χ3n) is 2.05. The molecule has 1 heterocycles. The average Bonchev–Trinajstić information content (AvgIpc) is 2.34. The number of methoxy groups -OCH3 is 1. The summed E-state index contributed by atoms with van der Waals surface area (Å²) in [4.78, 5) is 3.76. The summed E-state index contributed by atoms with van der Waals surface area (Å²) in [6, 6.07) is 7.89. The van der Waals surface area contributed by atoms with Gasteiger partial charge in [-0.2, -0.15) is 0 Å². The molecule has 0 radical (unpaired) electrons. The van der Waals surface area contributed by atoms with Crippen molar-refractivity contribution in [1.82, 2.24) is 4.98 Å². The first kappa shape index (κ1) is 11.7. The van der Waals surface area contributed by atoms with E-state index in [1.54, 1.807) is 31.4 Å². The van der Waals surface area contributed by atoms with Gasteiger partial charge in [0.15, 0.2) is 5.82 Å². The molecule has 0 amide bonds. The van der Waals surface area contributed by atoms with Crippen LogP contribution in [0.4, 0.5) is 4.39 Å². The normalized spacial score (nSPS) is 10.1. The zero-order chi connectivity index (χ0) is 12.3. The van der Waals surface area contributed by atoms with Crippen LogP contribution in [0.5, 0.6) is 17.4 Å². The van der Waals surface area contributed by atoms with Gasteiger partial charge in [-0.25, -0.2) is 9.37 Å². The van der Waals surface area contributed by atoms with Gasteiger partial charge in [0.05, 0.1) is 12.1 Å². The second-order valence-corrected chi connectivity index (χ2v) is 3.65. The van der Waals surface area contributed by atoms with E-state index in [0.717, 1.165) is 6.07 Å². The van der Waals surface area contributed by atoms with Crippen molar-refractivity contribution in [3.05, 3.63) is 47.4 Å². The third-order valence-corrected chi connectivity index (χ3v) is 2.25.